The fraction of sp³-hybridized carbons (Fsp3) is 0.444. The Kier molecular flexibility index (Phi) is 4.57. The van der Waals surface area contributed by atoms with Gasteiger partial charge in [-0.3, -0.25) is 4.79 Å². The van der Waals surface area contributed by atoms with Gasteiger partial charge in [0.2, 0.25) is 5.91 Å². The van der Waals surface area contributed by atoms with Crippen molar-refractivity contribution >= 4 is 17.2 Å². The van der Waals surface area contributed by atoms with Gasteiger partial charge in [-0.25, -0.2) is 4.98 Å². The Hall–Kier alpha value is -1.68. The normalized spacial score (nSPS) is 17.3. The zero-order chi connectivity index (χ0) is 15.5. The number of nitrogens with one attached hydrogen (secondary N) is 1. The zero-order valence-corrected chi connectivity index (χ0v) is 14.0. The quantitative estimate of drug-likeness (QED) is 0.935. The monoisotopic (exact) mass is 314 g/mol. The average Bonchev–Trinajstić information content (AvgIpc) is 2.96. The molecule has 1 aromatic carbocycles. The molecule has 1 heterocycles. The van der Waals surface area contributed by atoms with Crippen LogP contribution < -0.4 is 5.32 Å². The van der Waals surface area contributed by atoms with Gasteiger partial charge in [0.15, 0.2) is 0 Å². The number of carbonyl (C=O) groups is 1. The van der Waals surface area contributed by atoms with Crippen LogP contribution in [0.15, 0.2) is 30.3 Å². The molecule has 22 heavy (non-hydrogen) atoms. The maximum atomic E-state index is 12.3. The number of fused-ring (bicyclic) bond motifs is 1. The third-order valence-electron chi connectivity index (χ3n) is 4.02. The van der Waals surface area contributed by atoms with E-state index in [0.717, 1.165) is 30.8 Å². The van der Waals surface area contributed by atoms with E-state index in [9.17, 15) is 4.79 Å². The molecule has 1 unspecified atom stereocenters. The van der Waals surface area contributed by atoms with E-state index in [0.29, 0.717) is 5.92 Å². The summed E-state index contributed by atoms with van der Waals surface area (Å²) in [6, 6.07) is 10.3. The topological polar surface area (TPSA) is 42.0 Å². The fourth-order valence-electron chi connectivity index (χ4n) is 2.75. The van der Waals surface area contributed by atoms with Crippen molar-refractivity contribution in [3.63, 3.8) is 0 Å². The SMILES string of the molecule is CC(C)CNC(=O)C1CCc2nc(-c3ccccc3)sc2C1. The number of rotatable bonds is 4. The van der Waals surface area contributed by atoms with Gasteiger partial charge in [-0.2, -0.15) is 0 Å². The van der Waals surface area contributed by atoms with Crippen LogP contribution in [0.1, 0.15) is 30.8 Å². The van der Waals surface area contributed by atoms with Crippen LogP contribution in [0.25, 0.3) is 10.6 Å². The van der Waals surface area contributed by atoms with Crippen molar-refractivity contribution < 1.29 is 4.79 Å². The molecule has 116 valence electrons. The van der Waals surface area contributed by atoms with Gasteiger partial charge < -0.3 is 5.32 Å². The van der Waals surface area contributed by atoms with E-state index >= 15 is 0 Å². The molecule has 0 bridgehead atoms. The third kappa shape index (κ3) is 3.38. The summed E-state index contributed by atoms with van der Waals surface area (Å²) in [4.78, 5) is 18.3. The van der Waals surface area contributed by atoms with Crippen molar-refractivity contribution in [3.05, 3.63) is 40.9 Å². The zero-order valence-electron chi connectivity index (χ0n) is 13.1. The Labute approximate surface area is 135 Å². The number of amides is 1. The van der Waals surface area contributed by atoms with Gasteiger partial charge in [-0.15, -0.1) is 11.3 Å². The first-order chi connectivity index (χ1) is 10.6. The first kappa shape index (κ1) is 15.2. The molecule has 1 amide bonds. The maximum absolute atomic E-state index is 12.3. The van der Waals surface area contributed by atoms with Crippen LogP contribution in [-0.2, 0) is 17.6 Å². The minimum absolute atomic E-state index is 0.107. The van der Waals surface area contributed by atoms with Crippen LogP contribution in [0, 0.1) is 11.8 Å². The Bertz CT molecular complexity index is 648. The van der Waals surface area contributed by atoms with Crippen molar-refractivity contribution in [3.8, 4) is 10.6 Å². The fourth-order valence-corrected chi connectivity index (χ4v) is 3.95. The van der Waals surface area contributed by atoms with Crippen molar-refractivity contribution in [1.29, 1.82) is 0 Å². The molecular weight excluding hydrogens is 292 g/mol. The predicted octanol–water partition coefficient (Wildman–Crippen LogP) is 3.69. The number of aromatic nitrogens is 1. The van der Waals surface area contributed by atoms with Crippen molar-refractivity contribution in [2.24, 2.45) is 11.8 Å². The summed E-state index contributed by atoms with van der Waals surface area (Å²) in [5.74, 6) is 0.806. The van der Waals surface area contributed by atoms with Crippen molar-refractivity contribution in [1.82, 2.24) is 10.3 Å². The number of benzene rings is 1. The van der Waals surface area contributed by atoms with Gasteiger partial charge in [-0.05, 0) is 25.2 Å². The molecular formula is C18H22N2OS. The Morgan fingerprint density at radius 3 is 2.86 bits per heavy atom. The molecule has 1 N–H and O–H groups in total. The van der Waals surface area contributed by atoms with Crippen LogP contribution in [-0.4, -0.2) is 17.4 Å². The van der Waals surface area contributed by atoms with E-state index < -0.39 is 0 Å². The first-order valence-corrected chi connectivity index (χ1v) is 8.77. The summed E-state index contributed by atoms with van der Waals surface area (Å²) >= 11 is 1.74. The lowest BCUT2D eigenvalue weighted by molar-refractivity contribution is -0.125. The summed E-state index contributed by atoms with van der Waals surface area (Å²) < 4.78 is 0. The van der Waals surface area contributed by atoms with Gasteiger partial charge in [0.25, 0.3) is 0 Å². The summed E-state index contributed by atoms with van der Waals surface area (Å²) in [6.07, 6.45) is 2.66. The third-order valence-corrected chi connectivity index (χ3v) is 5.18. The van der Waals surface area contributed by atoms with E-state index in [-0.39, 0.29) is 11.8 Å². The summed E-state index contributed by atoms with van der Waals surface area (Å²) in [5.41, 5.74) is 2.36. The van der Waals surface area contributed by atoms with E-state index in [1.807, 2.05) is 18.2 Å². The number of thiazole rings is 1. The summed E-state index contributed by atoms with van der Waals surface area (Å²) in [5, 5.41) is 4.14. The van der Waals surface area contributed by atoms with Gasteiger partial charge in [0.05, 0.1) is 5.69 Å². The molecule has 0 spiro atoms. The number of aryl methyl sites for hydroxylation is 1. The van der Waals surface area contributed by atoms with Crippen molar-refractivity contribution in [2.75, 3.05) is 6.54 Å². The highest BCUT2D eigenvalue weighted by Crippen LogP contribution is 2.34. The van der Waals surface area contributed by atoms with Crippen LogP contribution in [0.5, 0.6) is 0 Å². The second-order valence-corrected chi connectivity index (χ2v) is 7.42. The molecule has 0 saturated heterocycles. The van der Waals surface area contributed by atoms with E-state index in [1.54, 1.807) is 11.3 Å². The number of carbonyl (C=O) groups excluding carboxylic acids is 1. The molecule has 0 fully saturated rings. The molecule has 1 atom stereocenters. The van der Waals surface area contributed by atoms with Gasteiger partial charge in [-0.1, -0.05) is 44.2 Å². The van der Waals surface area contributed by atoms with Gasteiger partial charge >= 0.3 is 0 Å². The molecule has 3 rings (SSSR count). The summed E-state index contributed by atoms with van der Waals surface area (Å²) in [6.45, 7) is 5.00. The van der Waals surface area contributed by atoms with E-state index in [1.165, 1.54) is 16.1 Å². The van der Waals surface area contributed by atoms with Crippen LogP contribution >= 0.6 is 11.3 Å². The molecule has 4 heteroatoms. The molecule has 3 nitrogen and oxygen atoms in total. The van der Waals surface area contributed by atoms with Gasteiger partial charge in [0, 0.05) is 22.9 Å². The Morgan fingerprint density at radius 1 is 1.36 bits per heavy atom. The number of hydrogen-bond acceptors (Lipinski definition) is 3. The lowest BCUT2D eigenvalue weighted by atomic mass is 9.90. The molecule has 0 aliphatic heterocycles. The highest BCUT2D eigenvalue weighted by atomic mass is 32.1. The second kappa shape index (κ2) is 6.61. The first-order valence-electron chi connectivity index (χ1n) is 7.95. The minimum atomic E-state index is 0.107. The largest absolute Gasteiger partial charge is 0.356 e. The smallest absolute Gasteiger partial charge is 0.223 e. The molecule has 1 aliphatic rings. The standard InChI is InChI=1S/C18H22N2OS/c1-12(2)11-19-17(21)14-8-9-15-16(10-14)22-18(20-15)13-6-4-3-5-7-13/h3-7,12,14H,8-11H2,1-2H3,(H,19,21). The number of hydrogen-bond donors (Lipinski definition) is 1. The van der Waals surface area contributed by atoms with Gasteiger partial charge in [0.1, 0.15) is 5.01 Å². The highest BCUT2D eigenvalue weighted by molar-refractivity contribution is 7.15. The molecule has 0 saturated carbocycles. The maximum Gasteiger partial charge on any atom is 0.223 e. The average molecular weight is 314 g/mol. The lowest BCUT2D eigenvalue weighted by Crippen LogP contribution is -2.35. The Balaban J connectivity index is 1.71. The number of nitrogens with zero attached hydrogens (tertiary/aromatic N) is 1. The predicted molar refractivity (Wildman–Crippen MR) is 90.9 cm³/mol. The molecule has 2 aromatic rings. The van der Waals surface area contributed by atoms with Crippen molar-refractivity contribution in [2.45, 2.75) is 33.1 Å². The van der Waals surface area contributed by atoms with Crippen LogP contribution in [0.3, 0.4) is 0 Å². The lowest BCUT2D eigenvalue weighted by Gasteiger charge is -2.21. The van der Waals surface area contributed by atoms with Crippen LogP contribution in [0.4, 0.5) is 0 Å². The Morgan fingerprint density at radius 2 is 2.14 bits per heavy atom. The summed E-state index contributed by atoms with van der Waals surface area (Å²) in [7, 11) is 0. The molecule has 0 radical (unpaired) electrons. The highest BCUT2D eigenvalue weighted by Gasteiger charge is 2.27. The molecule has 1 aliphatic carbocycles. The van der Waals surface area contributed by atoms with E-state index in [4.69, 9.17) is 4.98 Å². The second-order valence-electron chi connectivity index (χ2n) is 6.33. The molecule has 1 aromatic heterocycles. The van der Waals surface area contributed by atoms with E-state index in [2.05, 4.69) is 31.3 Å². The van der Waals surface area contributed by atoms with Crippen LogP contribution in [0.2, 0.25) is 0 Å². The minimum Gasteiger partial charge on any atom is -0.356 e.